The van der Waals surface area contributed by atoms with Crippen LogP contribution >= 0.6 is 12.2 Å². The first-order valence-electron chi connectivity index (χ1n) is 3.48. The molecule has 1 aromatic heterocycles. The lowest BCUT2D eigenvalue weighted by atomic mass is 10.2. The fourth-order valence-corrected chi connectivity index (χ4v) is 1.01. The normalized spacial score (nSPS) is 10.0. The minimum atomic E-state index is -0.597. The van der Waals surface area contributed by atoms with Crippen LogP contribution in [-0.4, -0.2) is 10.2 Å². The number of nitrogens with zero attached hydrogens (tertiary/aromatic N) is 1. The minimum absolute atomic E-state index is 0.187. The summed E-state index contributed by atoms with van der Waals surface area (Å²) < 4.78 is 12.7. The molecule has 1 rings (SSSR count). The van der Waals surface area contributed by atoms with E-state index < -0.39 is 5.95 Å². The Hall–Kier alpha value is -0.770. The number of hydrogen-bond donors (Lipinski definition) is 1. The highest BCUT2D eigenvalue weighted by molar-refractivity contribution is 7.71. The highest BCUT2D eigenvalue weighted by atomic mass is 32.1. The highest BCUT2D eigenvalue weighted by Gasteiger charge is 1.96. The van der Waals surface area contributed by atoms with Gasteiger partial charge in [-0.15, -0.1) is 5.10 Å². The number of aryl methyl sites for hydroxylation is 1. The van der Waals surface area contributed by atoms with Gasteiger partial charge in [0.25, 0.3) is 0 Å². The third-order valence-corrected chi connectivity index (χ3v) is 1.61. The van der Waals surface area contributed by atoms with Crippen molar-refractivity contribution >= 4 is 12.2 Å². The van der Waals surface area contributed by atoms with Crippen LogP contribution in [0.2, 0.25) is 0 Å². The van der Waals surface area contributed by atoms with E-state index in [9.17, 15) is 4.39 Å². The van der Waals surface area contributed by atoms with Crippen LogP contribution in [0.1, 0.15) is 19.0 Å². The van der Waals surface area contributed by atoms with Crippen molar-refractivity contribution in [3.05, 3.63) is 22.2 Å². The smallest absolute Gasteiger partial charge is 0.248 e. The van der Waals surface area contributed by atoms with Crippen molar-refractivity contribution in [2.45, 2.75) is 19.8 Å². The van der Waals surface area contributed by atoms with Gasteiger partial charge in [-0.3, -0.25) is 5.10 Å². The fourth-order valence-electron chi connectivity index (χ4n) is 0.823. The minimum Gasteiger partial charge on any atom is -0.280 e. The molecule has 0 saturated carbocycles. The van der Waals surface area contributed by atoms with Crippen molar-refractivity contribution < 1.29 is 4.39 Å². The summed E-state index contributed by atoms with van der Waals surface area (Å²) in [7, 11) is 0. The van der Waals surface area contributed by atoms with Crippen LogP contribution in [0.25, 0.3) is 0 Å². The Morgan fingerprint density at radius 2 is 2.45 bits per heavy atom. The third kappa shape index (κ3) is 2.08. The maximum Gasteiger partial charge on any atom is 0.248 e. The van der Waals surface area contributed by atoms with Crippen LogP contribution < -0.4 is 0 Å². The standard InChI is InChI=1S/C7H9FN2S/c1-2-3-5-4-6(11)7(8)10-9-5/h4H,2-3H2,1H3,(H,9,11). The van der Waals surface area contributed by atoms with Crippen LogP contribution in [0.5, 0.6) is 0 Å². The molecule has 0 radical (unpaired) electrons. The molecule has 0 aliphatic carbocycles. The number of nitrogens with one attached hydrogen (secondary N) is 1. The predicted octanol–water partition coefficient (Wildman–Crippen LogP) is 2.23. The van der Waals surface area contributed by atoms with Gasteiger partial charge in [0, 0.05) is 5.69 Å². The van der Waals surface area contributed by atoms with Gasteiger partial charge in [0.15, 0.2) is 0 Å². The molecule has 0 saturated heterocycles. The lowest BCUT2D eigenvalue weighted by Crippen LogP contribution is -1.95. The predicted molar refractivity (Wildman–Crippen MR) is 43.4 cm³/mol. The van der Waals surface area contributed by atoms with Gasteiger partial charge >= 0.3 is 0 Å². The lowest BCUT2D eigenvalue weighted by molar-refractivity contribution is 0.553. The summed E-state index contributed by atoms with van der Waals surface area (Å²) >= 11 is 4.70. The Morgan fingerprint density at radius 3 is 3.00 bits per heavy atom. The number of aromatic nitrogens is 2. The fraction of sp³-hybridized carbons (Fsp3) is 0.429. The third-order valence-electron chi connectivity index (χ3n) is 1.33. The van der Waals surface area contributed by atoms with Crippen LogP contribution in [-0.2, 0) is 6.42 Å². The molecule has 0 spiro atoms. The van der Waals surface area contributed by atoms with E-state index in [0.717, 1.165) is 18.5 Å². The molecule has 60 valence electrons. The molecule has 0 atom stereocenters. The summed E-state index contributed by atoms with van der Waals surface area (Å²) in [5.41, 5.74) is 0.888. The summed E-state index contributed by atoms with van der Waals surface area (Å²) in [4.78, 5) is 0. The first-order valence-corrected chi connectivity index (χ1v) is 3.89. The summed E-state index contributed by atoms with van der Waals surface area (Å²) in [5, 5.41) is 5.99. The first-order chi connectivity index (χ1) is 5.24. The van der Waals surface area contributed by atoms with E-state index in [4.69, 9.17) is 12.2 Å². The Morgan fingerprint density at radius 1 is 1.73 bits per heavy atom. The van der Waals surface area contributed by atoms with Gasteiger partial charge in [-0.1, -0.05) is 25.6 Å². The first kappa shape index (κ1) is 8.33. The summed E-state index contributed by atoms with van der Waals surface area (Å²) in [6.45, 7) is 2.04. The van der Waals surface area contributed by atoms with Crippen molar-refractivity contribution in [3.8, 4) is 0 Å². The molecule has 11 heavy (non-hydrogen) atoms. The molecule has 0 bridgehead atoms. The van der Waals surface area contributed by atoms with Gasteiger partial charge in [-0.2, -0.15) is 4.39 Å². The highest BCUT2D eigenvalue weighted by Crippen LogP contribution is 2.00. The molecule has 0 aromatic carbocycles. The van der Waals surface area contributed by atoms with Crippen LogP contribution in [0.3, 0.4) is 0 Å². The Labute approximate surface area is 69.5 Å². The van der Waals surface area contributed by atoms with E-state index in [1.807, 2.05) is 6.92 Å². The zero-order valence-corrected chi connectivity index (χ0v) is 7.04. The zero-order chi connectivity index (χ0) is 8.27. The second-order valence-corrected chi connectivity index (χ2v) is 2.74. The van der Waals surface area contributed by atoms with E-state index in [-0.39, 0.29) is 4.51 Å². The maximum absolute atomic E-state index is 12.5. The second-order valence-electron chi connectivity index (χ2n) is 2.30. The molecule has 2 nitrogen and oxygen atoms in total. The number of aromatic amines is 1. The quantitative estimate of drug-likeness (QED) is 0.693. The molecule has 1 heterocycles. The van der Waals surface area contributed by atoms with E-state index in [0.29, 0.717) is 0 Å². The van der Waals surface area contributed by atoms with Crippen molar-refractivity contribution in [2.75, 3.05) is 0 Å². The molecule has 0 aliphatic heterocycles. The van der Waals surface area contributed by atoms with Gasteiger partial charge in [-0.25, -0.2) is 0 Å². The summed E-state index contributed by atoms with van der Waals surface area (Å²) in [6, 6.07) is 1.61. The van der Waals surface area contributed by atoms with E-state index >= 15 is 0 Å². The molecule has 0 aliphatic rings. The zero-order valence-electron chi connectivity index (χ0n) is 6.22. The van der Waals surface area contributed by atoms with E-state index in [1.54, 1.807) is 6.07 Å². The van der Waals surface area contributed by atoms with Crippen LogP contribution in [0.4, 0.5) is 4.39 Å². The van der Waals surface area contributed by atoms with Crippen molar-refractivity contribution in [2.24, 2.45) is 0 Å². The van der Waals surface area contributed by atoms with Gasteiger partial charge < -0.3 is 0 Å². The van der Waals surface area contributed by atoms with Crippen LogP contribution in [0, 0.1) is 10.5 Å². The number of halogens is 1. The van der Waals surface area contributed by atoms with Crippen molar-refractivity contribution in [1.29, 1.82) is 0 Å². The number of H-pyrrole nitrogens is 1. The van der Waals surface area contributed by atoms with E-state index in [1.165, 1.54) is 0 Å². The average molecular weight is 172 g/mol. The Balaban J connectivity index is 2.96. The summed E-state index contributed by atoms with van der Waals surface area (Å²) in [5.74, 6) is -0.597. The maximum atomic E-state index is 12.5. The molecule has 1 aromatic rings. The molecule has 1 N–H and O–H groups in total. The molecular weight excluding hydrogens is 163 g/mol. The van der Waals surface area contributed by atoms with Crippen LogP contribution in [0.15, 0.2) is 6.07 Å². The number of rotatable bonds is 2. The van der Waals surface area contributed by atoms with E-state index in [2.05, 4.69) is 10.2 Å². The van der Waals surface area contributed by atoms with Gasteiger partial charge in [0.05, 0.1) is 4.51 Å². The molecular formula is C7H9FN2S. The second kappa shape index (κ2) is 3.57. The van der Waals surface area contributed by atoms with Gasteiger partial charge in [-0.05, 0) is 12.5 Å². The molecule has 4 heteroatoms. The number of hydrogen-bond acceptors (Lipinski definition) is 2. The Kier molecular flexibility index (Phi) is 2.70. The average Bonchev–Trinajstić information content (AvgIpc) is 1.98. The largest absolute Gasteiger partial charge is 0.280 e. The van der Waals surface area contributed by atoms with Gasteiger partial charge in [0.1, 0.15) is 0 Å². The SMILES string of the molecule is CCCc1cc(=S)c(F)n[nH]1. The van der Waals surface area contributed by atoms with Crippen molar-refractivity contribution in [3.63, 3.8) is 0 Å². The topological polar surface area (TPSA) is 28.7 Å². The molecule has 0 fully saturated rings. The lowest BCUT2D eigenvalue weighted by Gasteiger charge is -1.96. The molecule has 0 amide bonds. The van der Waals surface area contributed by atoms with Gasteiger partial charge in [0.2, 0.25) is 5.95 Å². The summed E-state index contributed by atoms with van der Waals surface area (Å²) in [6.07, 6.45) is 1.86. The monoisotopic (exact) mass is 172 g/mol. The van der Waals surface area contributed by atoms with Crippen molar-refractivity contribution in [1.82, 2.24) is 10.2 Å². The molecule has 0 unspecified atom stereocenters. The Bertz CT molecular complexity index is 295.